The SMILES string of the molecule is CCc1cnc(CNC(=O)CCC(C)=O)s1. The van der Waals surface area contributed by atoms with Crippen LogP contribution >= 0.6 is 11.3 Å². The lowest BCUT2D eigenvalue weighted by Gasteiger charge is -2.01. The first-order chi connectivity index (χ1) is 7.61. The van der Waals surface area contributed by atoms with Gasteiger partial charge in [0.05, 0.1) is 6.54 Å². The molecule has 0 aliphatic carbocycles. The first kappa shape index (κ1) is 12.8. The highest BCUT2D eigenvalue weighted by atomic mass is 32.1. The van der Waals surface area contributed by atoms with E-state index in [-0.39, 0.29) is 18.1 Å². The fourth-order valence-electron chi connectivity index (χ4n) is 1.15. The summed E-state index contributed by atoms with van der Waals surface area (Å²) in [5.74, 6) is -0.0545. The zero-order valence-corrected chi connectivity index (χ0v) is 10.4. The maximum atomic E-state index is 11.3. The fourth-order valence-corrected chi connectivity index (χ4v) is 1.95. The summed E-state index contributed by atoms with van der Waals surface area (Å²) < 4.78 is 0. The van der Waals surface area contributed by atoms with Gasteiger partial charge in [0.25, 0.3) is 0 Å². The van der Waals surface area contributed by atoms with Gasteiger partial charge in [-0.15, -0.1) is 11.3 Å². The number of carbonyl (C=O) groups excluding carboxylic acids is 2. The van der Waals surface area contributed by atoms with Crippen LogP contribution in [0.15, 0.2) is 6.20 Å². The number of aryl methyl sites for hydroxylation is 1. The predicted molar refractivity (Wildman–Crippen MR) is 63.3 cm³/mol. The van der Waals surface area contributed by atoms with Crippen molar-refractivity contribution in [3.05, 3.63) is 16.1 Å². The molecule has 0 saturated heterocycles. The van der Waals surface area contributed by atoms with E-state index in [0.29, 0.717) is 13.0 Å². The molecule has 1 aromatic heterocycles. The van der Waals surface area contributed by atoms with Gasteiger partial charge < -0.3 is 10.1 Å². The number of hydrogen-bond acceptors (Lipinski definition) is 4. The molecule has 1 aromatic rings. The Bertz CT molecular complexity index is 374. The Labute approximate surface area is 99.1 Å². The number of nitrogens with zero attached hydrogens (tertiary/aromatic N) is 1. The van der Waals surface area contributed by atoms with Crippen LogP contribution in [0.4, 0.5) is 0 Å². The molecule has 1 amide bonds. The lowest BCUT2D eigenvalue weighted by atomic mass is 10.2. The van der Waals surface area contributed by atoms with Crippen LogP contribution in [0, 0.1) is 0 Å². The summed E-state index contributed by atoms with van der Waals surface area (Å²) in [6.07, 6.45) is 3.38. The predicted octanol–water partition coefficient (Wildman–Crippen LogP) is 1.69. The molecule has 1 rings (SSSR count). The van der Waals surface area contributed by atoms with Crippen LogP contribution in [0.5, 0.6) is 0 Å². The van der Waals surface area contributed by atoms with Crippen LogP contribution in [0.1, 0.15) is 36.6 Å². The molecule has 0 aliphatic rings. The highest BCUT2D eigenvalue weighted by Crippen LogP contribution is 2.12. The maximum Gasteiger partial charge on any atom is 0.220 e. The van der Waals surface area contributed by atoms with Crippen LogP contribution in [-0.2, 0) is 22.6 Å². The lowest BCUT2D eigenvalue weighted by Crippen LogP contribution is -2.22. The van der Waals surface area contributed by atoms with E-state index in [2.05, 4.69) is 17.2 Å². The topological polar surface area (TPSA) is 59.1 Å². The Morgan fingerprint density at radius 2 is 2.19 bits per heavy atom. The first-order valence-corrected chi connectivity index (χ1v) is 6.13. The van der Waals surface area contributed by atoms with Crippen LogP contribution < -0.4 is 5.32 Å². The van der Waals surface area contributed by atoms with Crippen molar-refractivity contribution in [2.75, 3.05) is 0 Å². The third kappa shape index (κ3) is 4.53. The van der Waals surface area contributed by atoms with Gasteiger partial charge in [0, 0.05) is 23.9 Å². The number of nitrogens with one attached hydrogen (secondary N) is 1. The molecule has 16 heavy (non-hydrogen) atoms. The highest BCUT2D eigenvalue weighted by Gasteiger charge is 2.05. The van der Waals surface area contributed by atoms with Gasteiger partial charge in [-0.3, -0.25) is 4.79 Å². The van der Waals surface area contributed by atoms with E-state index in [4.69, 9.17) is 0 Å². The Morgan fingerprint density at radius 1 is 1.44 bits per heavy atom. The summed E-state index contributed by atoms with van der Waals surface area (Å²) in [4.78, 5) is 27.4. The van der Waals surface area contributed by atoms with E-state index in [1.54, 1.807) is 11.3 Å². The molecule has 5 heteroatoms. The molecule has 4 nitrogen and oxygen atoms in total. The zero-order valence-electron chi connectivity index (χ0n) is 9.58. The van der Waals surface area contributed by atoms with Crippen LogP contribution in [0.3, 0.4) is 0 Å². The fraction of sp³-hybridized carbons (Fsp3) is 0.545. The molecule has 0 unspecified atom stereocenters. The summed E-state index contributed by atoms with van der Waals surface area (Å²) in [7, 11) is 0. The Hall–Kier alpha value is -1.23. The number of Topliss-reactive ketones (excluding diaryl/α,β-unsaturated/α-hetero) is 1. The number of amides is 1. The van der Waals surface area contributed by atoms with Crippen LogP contribution in [0.25, 0.3) is 0 Å². The molecular formula is C11H16N2O2S. The van der Waals surface area contributed by atoms with Gasteiger partial charge in [0.15, 0.2) is 0 Å². The summed E-state index contributed by atoms with van der Waals surface area (Å²) >= 11 is 1.61. The minimum absolute atomic E-state index is 0.0395. The van der Waals surface area contributed by atoms with E-state index in [1.807, 2.05) is 6.20 Å². The Balaban J connectivity index is 2.28. The number of aromatic nitrogens is 1. The normalized spacial score (nSPS) is 10.1. The van der Waals surface area contributed by atoms with Crippen molar-refractivity contribution in [1.29, 1.82) is 0 Å². The van der Waals surface area contributed by atoms with Gasteiger partial charge in [-0.1, -0.05) is 6.92 Å². The second-order valence-electron chi connectivity index (χ2n) is 3.55. The van der Waals surface area contributed by atoms with Gasteiger partial charge in [-0.2, -0.15) is 0 Å². The third-order valence-electron chi connectivity index (χ3n) is 2.09. The van der Waals surface area contributed by atoms with E-state index in [1.165, 1.54) is 11.8 Å². The molecule has 1 N–H and O–H groups in total. The molecule has 1 heterocycles. The Kier molecular flexibility index (Phi) is 5.11. The van der Waals surface area contributed by atoms with E-state index in [0.717, 1.165) is 11.4 Å². The van der Waals surface area contributed by atoms with Crippen molar-refractivity contribution < 1.29 is 9.59 Å². The second kappa shape index (κ2) is 6.37. The van der Waals surface area contributed by atoms with Crippen molar-refractivity contribution in [2.24, 2.45) is 0 Å². The van der Waals surface area contributed by atoms with Crippen LogP contribution in [-0.4, -0.2) is 16.7 Å². The molecular weight excluding hydrogens is 224 g/mol. The van der Waals surface area contributed by atoms with Gasteiger partial charge in [0.2, 0.25) is 5.91 Å². The van der Waals surface area contributed by atoms with E-state index in [9.17, 15) is 9.59 Å². The largest absolute Gasteiger partial charge is 0.350 e. The molecule has 0 aliphatic heterocycles. The molecule has 0 spiro atoms. The smallest absolute Gasteiger partial charge is 0.220 e. The van der Waals surface area contributed by atoms with Crippen molar-refractivity contribution >= 4 is 23.0 Å². The molecule has 0 aromatic carbocycles. The average Bonchev–Trinajstić information content (AvgIpc) is 2.71. The van der Waals surface area contributed by atoms with Crippen LogP contribution in [0.2, 0.25) is 0 Å². The van der Waals surface area contributed by atoms with E-state index >= 15 is 0 Å². The first-order valence-electron chi connectivity index (χ1n) is 5.31. The Morgan fingerprint density at radius 3 is 2.75 bits per heavy atom. The molecule has 0 saturated carbocycles. The zero-order chi connectivity index (χ0) is 12.0. The van der Waals surface area contributed by atoms with Gasteiger partial charge in [-0.25, -0.2) is 4.98 Å². The standard InChI is InChI=1S/C11H16N2O2S/c1-3-9-6-13-11(16-9)7-12-10(15)5-4-8(2)14/h6H,3-5,7H2,1-2H3,(H,12,15). The minimum Gasteiger partial charge on any atom is -0.350 e. The quantitative estimate of drug-likeness (QED) is 0.823. The van der Waals surface area contributed by atoms with E-state index < -0.39 is 0 Å². The number of rotatable bonds is 6. The highest BCUT2D eigenvalue weighted by molar-refractivity contribution is 7.11. The molecule has 0 bridgehead atoms. The summed E-state index contributed by atoms with van der Waals surface area (Å²) in [6.45, 7) is 4.02. The van der Waals surface area contributed by atoms with Gasteiger partial charge in [-0.05, 0) is 13.3 Å². The van der Waals surface area contributed by atoms with Crippen molar-refractivity contribution in [3.63, 3.8) is 0 Å². The molecule has 88 valence electrons. The van der Waals surface area contributed by atoms with Gasteiger partial charge in [0.1, 0.15) is 10.8 Å². The third-order valence-corrected chi connectivity index (χ3v) is 3.23. The summed E-state index contributed by atoms with van der Waals surface area (Å²) in [6, 6.07) is 0. The molecule has 0 radical (unpaired) electrons. The number of hydrogen-bond donors (Lipinski definition) is 1. The molecule has 0 atom stereocenters. The average molecular weight is 240 g/mol. The van der Waals surface area contributed by atoms with Crippen molar-refractivity contribution in [2.45, 2.75) is 39.7 Å². The second-order valence-corrected chi connectivity index (χ2v) is 4.75. The summed E-state index contributed by atoms with van der Waals surface area (Å²) in [5.41, 5.74) is 0. The minimum atomic E-state index is -0.0940. The van der Waals surface area contributed by atoms with Crippen molar-refractivity contribution in [3.8, 4) is 0 Å². The maximum absolute atomic E-state index is 11.3. The van der Waals surface area contributed by atoms with Crippen molar-refractivity contribution in [1.82, 2.24) is 10.3 Å². The lowest BCUT2D eigenvalue weighted by molar-refractivity contribution is -0.124. The molecule has 0 fully saturated rings. The number of thiazole rings is 1. The summed E-state index contributed by atoms with van der Waals surface area (Å²) in [5, 5.41) is 3.66. The monoisotopic (exact) mass is 240 g/mol. The number of carbonyl (C=O) groups is 2. The van der Waals surface area contributed by atoms with Gasteiger partial charge >= 0.3 is 0 Å². The number of ketones is 1.